The third-order valence-electron chi connectivity index (χ3n) is 6.78. The minimum atomic E-state index is -4.77. The van der Waals surface area contributed by atoms with Crippen molar-refractivity contribution in [2.24, 2.45) is 0 Å². The van der Waals surface area contributed by atoms with Crippen LogP contribution in [0.4, 0.5) is 18.9 Å². The van der Waals surface area contributed by atoms with Crippen LogP contribution in [-0.4, -0.2) is 46.6 Å². The first-order chi connectivity index (χ1) is 19.2. The summed E-state index contributed by atoms with van der Waals surface area (Å²) in [6.45, 7) is 4.51. The molecule has 0 radical (unpaired) electrons. The Labute approximate surface area is 229 Å². The van der Waals surface area contributed by atoms with Crippen molar-refractivity contribution in [3.8, 4) is 22.6 Å². The molecule has 1 aliphatic rings. The van der Waals surface area contributed by atoms with Crippen LogP contribution in [0.3, 0.4) is 0 Å². The first-order valence-corrected chi connectivity index (χ1v) is 13.0. The Morgan fingerprint density at radius 1 is 1.02 bits per heavy atom. The fourth-order valence-electron chi connectivity index (χ4n) is 4.90. The van der Waals surface area contributed by atoms with Gasteiger partial charge in [0.05, 0.1) is 0 Å². The van der Waals surface area contributed by atoms with Crippen LogP contribution in [0.15, 0.2) is 79.0 Å². The smallest absolute Gasteiger partial charge is 0.490 e. The van der Waals surface area contributed by atoms with Crippen molar-refractivity contribution >= 4 is 11.6 Å². The van der Waals surface area contributed by atoms with E-state index in [4.69, 9.17) is 4.74 Å². The summed E-state index contributed by atoms with van der Waals surface area (Å²) in [5.74, 6) is 0.0178. The van der Waals surface area contributed by atoms with E-state index in [0.717, 1.165) is 43.7 Å². The Morgan fingerprint density at radius 2 is 1.77 bits per heavy atom. The molecule has 1 aromatic heterocycles. The number of aromatic amines is 1. The van der Waals surface area contributed by atoms with Gasteiger partial charge >= 0.3 is 6.36 Å². The molecular weight excluding hydrogens is 521 g/mol. The van der Waals surface area contributed by atoms with Gasteiger partial charge in [0.2, 0.25) is 0 Å². The lowest BCUT2D eigenvalue weighted by Crippen LogP contribution is -2.37. The van der Waals surface area contributed by atoms with E-state index in [1.165, 1.54) is 24.3 Å². The largest absolute Gasteiger partial charge is 0.573 e. The first kappa shape index (κ1) is 27.3. The molecule has 1 saturated heterocycles. The number of hydrogen-bond donors (Lipinski definition) is 2. The fourth-order valence-corrected chi connectivity index (χ4v) is 4.90. The Hall–Kier alpha value is -4.31. The van der Waals surface area contributed by atoms with Crippen molar-refractivity contribution in [1.82, 2.24) is 15.1 Å². The van der Waals surface area contributed by atoms with Gasteiger partial charge in [-0.1, -0.05) is 30.3 Å². The van der Waals surface area contributed by atoms with Crippen LogP contribution in [-0.2, 0) is 6.54 Å². The van der Waals surface area contributed by atoms with E-state index in [1.54, 1.807) is 30.5 Å². The second-order valence-electron chi connectivity index (χ2n) is 9.73. The van der Waals surface area contributed by atoms with Gasteiger partial charge in [-0.15, -0.1) is 13.2 Å². The summed E-state index contributed by atoms with van der Waals surface area (Å²) in [6, 6.07) is 20.1. The lowest BCUT2D eigenvalue weighted by Gasteiger charge is -2.31. The maximum atomic E-state index is 13.3. The Kier molecular flexibility index (Phi) is 8.06. The van der Waals surface area contributed by atoms with Crippen molar-refractivity contribution < 1.29 is 27.4 Å². The molecule has 5 rings (SSSR count). The number of nitrogens with one attached hydrogen (secondary N) is 2. The Balaban J connectivity index is 1.24. The molecule has 40 heavy (non-hydrogen) atoms. The lowest BCUT2D eigenvalue weighted by molar-refractivity contribution is -0.274. The van der Waals surface area contributed by atoms with Gasteiger partial charge in [-0.05, 0) is 72.9 Å². The number of ether oxygens (including phenoxy) is 2. The van der Waals surface area contributed by atoms with Gasteiger partial charge in [0.15, 0.2) is 0 Å². The molecule has 1 amide bonds. The topological polar surface area (TPSA) is 79.5 Å². The highest BCUT2D eigenvalue weighted by atomic mass is 19.4. The number of carbonyl (C=O) groups excluding carboxylic acids is 1. The third-order valence-corrected chi connectivity index (χ3v) is 6.78. The van der Waals surface area contributed by atoms with Gasteiger partial charge in [0.25, 0.3) is 5.91 Å². The summed E-state index contributed by atoms with van der Waals surface area (Å²) in [7, 11) is 0. The molecule has 0 atom stereocenters. The lowest BCUT2D eigenvalue weighted by atomic mass is 9.94. The average molecular weight is 551 g/mol. The third kappa shape index (κ3) is 7.01. The van der Waals surface area contributed by atoms with Gasteiger partial charge in [-0.25, -0.2) is 0 Å². The van der Waals surface area contributed by atoms with Gasteiger partial charge in [-0.3, -0.25) is 14.8 Å². The average Bonchev–Trinajstić information content (AvgIpc) is 3.43. The number of piperidine rings is 1. The molecule has 0 unspecified atom stereocenters. The maximum Gasteiger partial charge on any atom is 0.573 e. The van der Waals surface area contributed by atoms with E-state index in [1.807, 2.05) is 31.2 Å². The van der Waals surface area contributed by atoms with E-state index < -0.39 is 6.36 Å². The number of H-pyrrole nitrogens is 1. The maximum absolute atomic E-state index is 13.3. The minimum Gasteiger partial charge on any atom is -0.490 e. The summed E-state index contributed by atoms with van der Waals surface area (Å²) < 4.78 is 47.9. The summed E-state index contributed by atoms with van der Waals surface area (Å²) in [6.07, 6.45) is -1.15. The van der Waals surface area contributed by atoms with Crippen LogP contribution in [0.2, 0.25) is 0 Å². The molecule has 0 bridgehead atoms. The zero-order valence-corrected chi connectivity index (χ0v) is 21.9. The summed E-state index contributed by atoms with van der Waals surface area (Å²) in [4.78, 5) is 15.7. The zero-order chi connectivity index (χ0) is 28.1. The first-order valence-electron chi connectivity index (χ1n) is 13.0. The normalized spacial score (nSPS) is 14.6. The molecule has 2 heterocycles. The molecular formula is C30H29F3N4O3. The molecule has 2 N–H and O–H groups in total. The highest BCUT2D eigenvalue weighted by molar-refractivity contribution is 6.09. The highest BCUT2D eigenvalue weighted by Crippen LogP contribution is 2.32. The number of aryl methyl sites for hydroxylation is 1. The molecule has 0 spiro atoms. The molecule has 0 aliphatic carbocycles. The van der Waals surface area contributed by atoms with Gasteiger partial charge in [-0.2, -0.15) is 5.10 Å². The second-order valence-corrected chi connectivity index (χ2v) is 9.73. The monoisotopic (exact) mass is 550 g/mol. The molecule has 4 aromatic rings. The minimum absolute atomic E-state index is 0.0802. The summed E-state index contributed by atoms with van der Waals surface area (Å²) in [5, 5.41) is 9.93. The molecule has 7 nitrogen and oxygen atoms in total. The quantitative estimate of drug-likeness (QED) is 0.259. The fraction of sp³-hybridized carbons (Fsp3) is 0.267. The van der Waals surface area contributed by atoms with Crippen LogP contribution in [0.25, 0.3) is 11.1 Å². The molecule has 0 saturated carbocycles. The number of halogens is 3. The van der Waals surface area contributed by atoms with Gasteiger partial charge in [0.1, 0.15) is 17.6 Å². The van der Waals surface area contributed by atoms with Gasteiger partial charge in [0, 0.05) is 48.8 Å². The predicted molar refractivity (Wildman–Crippen MR) is 145 cm³/mol. The van der Waals surface area contributed by atoms with Crippen LogP contribution in [0.5, 0.6) is 11.5 Å². The van der Waals surface area contributed by atoms with Crippen molar-refractivity contribution in [3.63, 3.8) is 0 Å². The Bertz CT molecular complexity index is 1430. The molecule has 1 fully saturated rings. The van der Waals surface area contributed by atoms with E-state index in [9.17, 15) is 18.0 Å². The van der Waals surface area contributed by atoms with Crippen LogP contribution in [0, 0.1) is 6.92 Å². The van der Waals surface area contributed by atoms with E-state index >= 15 is 0 Å². The van der Waals surface area contributed by atoms with E-state index in [0.29, 0.717) is 28.1 Å². The number of hydrogen-bond acceptors (Lipinski definition) is 5. The number of carbonyl (C=O) groups is 1. The number of amides is 1. The number of rotatable bonds is 8. The summed E-state index contributed by atoms with van der Waals surface area (Å²) >= 11 is 0. The van der Waals surface area contributed by atoms with Crippen LogP contribution >= 0.6 is 0 Å². The standard InChI is InChI=1S/C30H29F3N4O3/c1-20-4-2-7-27(28(20)21-8-10-25(11-9-21)40-30(31,32)33)29(38)35-22-5-3-6-26(18-22)39-24-13-16-37(17-14-24)19-23-12-15-34-36-23/h2-12,15,18,24H,13-14,16-17,19H2,1H3,(H,34,36)(H,35,38). The number of likely N-dealkylation sites (tertiary alicyclic amines) is 1. The summed E-state index contributed by atoms with van der Waals surface area (Å²) in [5.41, 5.74) is 4.13. The number of alkyl halides is 3. The number of nitrogens with zero attached hydrogens (tertiary/aromatic N) is 2. The molecule has 3 aromatic carbocycles. The number of aromatic nitrogens is 2. The van der Waals surface area contributed by atoms with E-state index in [-0.39, 0.29) is 17.8 Å². The van der Waals surface area contributed by atoms with Crippen molar-refractivity contribution in [2.45, 2.75) is 38.8 Å². The zero-order valence-electron chi connectivity index (χ0n) is 21.9. The SMILES string of the molecule is Cc1cccc(C(=O)Nc2cccc(OC3CCN(Cc4ccn[nH]4)CC3)c2)c1-c1ccc(OC(F)(F)F)cc1. The molecule has 1 aliphatic heterocycles. The van der Waals surface area contributed by atoms with Crippen LogP contribution < -0.4 is 14.8 Å². The molecule has 10 heteroatoms. The number of benzene rings is 3. The predicted octanol–water partition coefficient (Wildman–Crippen LogP) is 6.58. The highest BCUT2D eigenvalue weighted by Gasteiger charge is 2.31. The van der Waals surface area contributed by atoms with Crippen molar-refractivity contribution in [1.29, 1.82) is 0 Å². The van der Waals surface area contributed by atoms with E-state index in [2.05, 4.69) is 25.2 Å². The van der Waals surface area contributed by atoms with Crippen LogP contribution in [0.1, 0.15) is 34.5 Å². The Morgan fingerprint density at radius 3 is 2.48 bits per heavy atom. The molecule has 208 valence electrons. The van der Waals surface area contributed by atoms with Crippen molar-refractivity contribution in [2.75, 3.05) is 18.4 Å². The van der Waals surface area contributed by atoms with Crippen molar-refractivity contribution in [3.05, 3.63) is 95.8 Å². The second kappa shape index (κ2) is 11.8. The number of anilines is 1. The van der Waals surface area contributed by atoms with Gasteiger partial charge < -0.3 is 14.8 Å².